The van der Waals surface area contributed by atoms with Crippen molar-refractivity contribution in [2.24, 2.45) is 4.99 Å². The maximum absolute atomic E-state index is 11.0. The lowest BCUT2D eigenvalue weighted by molar-refractivity contribution is -0.117. The highest BCUT2D eigenvalue weighted by Crippen LogP contribution is 2.34. The van der Waals surface area contributed by atoms with E-state index in [-0.39, 0.29) is 11.3 Å². The molecular weight excluding hydrogens is 174 g/mol. The standard InChI is InChI=1S/C12H19NO/c1-4-7-12(9-6-11(3)14)8-5-10(2)13-12/h4H,1,5-9H2,2-3H3. The van der Waals surface area contributed by atoms with Gasteiger partial charge in [0.05, 0.1) is 5.54 Å². The first kappa shape index (κ1) is 11.2. The monoisotopic (exact) mass is 193 g/mol. The summed E-state index contributed by atoms with van der Waals surface area (Å²) in [6.45, 7) is 7.48. The second-order valence-corrected chi connectivity index (χ2v) is 4.27. The zero-order valence-corrected chi connectivity index (χ0v) is 9.18. The van der Waals surface area contributed by atoms with E-state index in [0.717, 1.165) is 25.7 Å². The number of hydrogen-bond donors (Lipinski definition) is 0. The van der Waals surface area contributed by atoms with Crippen molar-refractivity contribution in [1.82, 2.24) is 0 Å². The summed E-state index contributed by atoms with van der Waals surface area (Å²) in [5, 5.41) is 0. The minimum absolute atomic E-state index is 0.00248. The fourth-order valence-electron chi connectivity index (χ4n) is 2.04. The predicted molar refractivity (Wildman–Crippen MR) is 59.8 cm³/mol. The van der Waals surface area contributed by atoms with Crippen molar-refractivity contribution < 1.29 is 4.79 Å². The van der Waals surface area contributed by atoms with E-state index in [2.05, 4.69) is 18.5 Å². The van der Waals surface area contributed by atoms with Crippen LogP contribution in [0.4, 0.5) is 0 Å². The molecule has 78 valence electrons. The summed E-state index contributed by atoms with van der Waals surface area (Å²) in [7, 11) is 0. The van der Waals surface area contributed by atoms with Crippen LogP contribution < -0.4 is 0 Å². The molecule has 0 bridgehead atoms. The Bertz CT molecular complexity index is 267. The topological polar surface area (TPSA) is 29.4 Å². The third-order valence-corrected chi connectivity index (χ3v) is 2.85. The Morgan fingerprint density at radius 2 is 2.43 bits per heavy atom. The Morgan fingerprint density at radius 3 is 2.86 bits per heavy atom. The summed E-state index contributed by atoms with van der Waals surface area (Å²) in [5.41, 5.74) is 1.22. The molecule has 0 saturated heterocycles. The maximum atomic E-state index is 11.0. The average molecular weight is 193 g/mol. The lowest BCUT2D eigenvalue weighted by Gasteiger charge is -2.24. The molecule has 1 heterocycles. The fraction of sp³-hybridized carbons (Fsp3) is 0.667. The minimum Gasteiger partial charge on any atom is -0.300 e. The van der Waals surface area contributed by atoms with Crippen LogP contribution in [-0.2, 0) is 4.79 Å². The van der Waals surface area contributed by atoms with Gasteiger partial charge in [-0.25, -0.2) is 0 Å². The average Bonchev–Trinajstić information content (AvgIpc) is 2.46. The predicted octanol–water partition coefficient (Wildman–Crippen LogP) is 2.93. The van der Waals surface area contributed by atoms with Crippen LogP contribution in [0.15, 0.2) is 17.6 Å². The van der Waals surface area contributed by atoms with Crippen LogP contribution in [0.2, 0.25) is 0 Å². The molecule has 0 N–H and O–H groups in total. The Balaban J connectivity index is 2.63. The van der Waals surface area contributed by atoms with Crippen molar-refractivity contribution >= 4 is 11.5 Å². The van der Waals surface area contributed by atoms with E-state index >= 15 is 0 Å². The largest absolute Gasteiger partial charge is 0.300 e. The summed E-state index contributed by atoms with van der Waals surface area (Å²) < 4.78 is 0. The second-order valence-electron chi connectivity index (χ2n) is 4.27. The summed E-state index contributed by atoms with van der Waals surface area (Å²) in [5.74, 6) is 0.258. The van der Waals surface area contributed by atoms with Gasteiger partial charge in [-0.05, 0) is 39.5 Å². The Hall–Kier alpha value is -0.920. The van der Waals surface area contributed by atoms with Crippen LogP contribution in [0.1, 0.15) is 46.0 Å². The molecule has 14 heavy (non-hydrogen) atoms. The number of rotatable bonds is 5. The summed E-state index contributed by atoms with van der Waals surface area (Å²) in [4.78, 5) is 15.6. The zero-order chi connectivity index (χ0) is 10.6. The van der Waals surface area contributed by atoms with Gasteiger partial charge >= 0.3 is 0 Å². The van der Waals surface area contributed by atoms with Crippen LogP contribution in [0.3, 0.4) is 0 Å². The normalized spacial score (nSPS) is 26.0. The van der Waals surface area contributed by atoms with E-state index in [1.165, 1.54) is 5.71 Å². The van der Waals surface area contributed by atoms with Crippen molar-refractivity contribution in [1.29, 1.82) is 0 Å². The summed E-state index contributed by atoms with van der Waals surface area (Å²) >= 11 is 0. The van der Waals surface area contributed by atoms with Gasteiger partial charge in [0.15, 0.2) is 0 Å². The van der Waals surface area contributed by atoms with Crippen molar-refractivity contribution in [2.75, 3.05) is 0 Å². The van der Waals surface area contributed by atoms with E-state index in [9.17, 15) is 4.79 Å². The van der Waals surface area contributed by atoms with Crippen molar-refractivity contribution in [3.63, 3.8) is 0 Å². The SMILES string of the molecule is C=CCC1(CCC(C)=O)CCC(C)=N1. The molecule has 1 aliphatic heterocycles. The lowest BCUT2D eigenvalue weighted by Crippen LogP contribution is -2.23. The molecule has 0 fully saturated rings. The van der Waals surface area contributed by atoms with Gasteiger partial charge in [0.1, 0.15) is 5.78 Å². The Morgan fingerprint density at radius 1 is 1.71 bits per heavy atom. The zero-order valence-electron chi connectivity index (χ0n) is 9.18. The first-order valence-corrected chi connectivity index (χ1v) is 5.24. The molecule has 2 heteroatoms. The molecule has 0 radical (unpaired) electrons. The van der Waals surface area contributed by atoms with Gasteiger partial charge in [-0.15, -0.1) is 6.58 Å². The maximum Gasteiger partial charge on any atom is 0.129 e. The number of carbonyl (C=O) groups is 1. The summed E-state index contributed by atoms with van der Waals surface area (Å²) in [6.07, 6.45) is 6.50. The van der Waals surface area contributed by atoms with E-state index in [1.54, 1.807) is 6.92 Å². The number of ketones is 1. The van der Waals surface area contributed by atoms with E-state index in [1.807, 2.05) is 6.08 Å². The number of Topliss-reactive ketones (excluding diaryl/α,β-unsaturated/α-hetero) is 1. The number of nitrogens with zero attached hydrogens (tertiary/aromatic N) is 1. The lowest BCUT2D eigenvalue weighted by atomic mass is 9.87. The number of aliphatic imine (C=N–C) groups is 1. The van der Waals surface area contributed by atoms with Crippen molar-refractivity contribution in [3.8, 4) is 0 Å². The Labute approximate surface area is 86.1 Å². The minimum atomic E-state index is -0.00248. The molecule has 0 amide bonds. The van der Waals surface area contributed by atoms with Gasteiger partial charge in [-0.1, -0.05) is 6.08 Å². The highest BCUT2D eigenvalue weighted by Gasteiger charge is 2.32. The molecule has 0 aromatic rings. The molecule has 0 spiro atoms. The number of carbonyl (C=O) groups excluding carboxylic acids is 1. The quantitative estimate of drug-likeness (QED) is 0.617. The third kappa shape index (κ3) is 2.79. The van der Waals surface area contributed by atoms with Gasteiger partial charge in [0.25, 0.3) is 0 Å². The summed E-state index contributed by atoms with van der Waals surface area (Å²) in [6, 6.07) is 0. The molecule has 0 saturated carbocycles. The van der Waals surface area contributed by atoms with Crippen LogP contribution in [0, 0.1) is 0 Å². The molecular formula is C12H19NO. The van der Waals surface area contributed by atoms with Crippen molar-refractivity contribution in [3.05, 3.63) is 12.7 Å². The van der Waals surface area contributed by atoms with Crippen LogP contribution in [0.5, 0.6) is 0 Å². The molecule has 1 atom stereocenters. The molecule has 1 rings (SSSR count). The van der Waals surface area contributed by atoms with Gasteiger partial charge in [0.2, 0.25) is 0 Å². The molecule has 0 aliphatic carbocycles. The molecule has 1 aliphatic rings. The van der Waals surface area contributed by atoms with Crippen LogP contribution in [-0.4, -0.2) is 17.0 Å². The highest BCUT2D eigenvalue weighted by molar-refractivity contribution is 5.84. The van der Waals surface area contributed by atoms with Crippen LogP contribution >= 0.6 is 0 Å². The number of hydrogen-bond acceptors (Lipinski definition) is 2. The van der Waals surface area contributed by atoms with Crippen LogP contribution in [0.25, 0.3) is 0 Å². The van der Waals surface area contributed by atoms with E-state index < -0.39 is 0 Å². The molecule has 0 aromatic heterocycles. The second kappa shape index (κ2) is 4.54. The van der Waals surface area contributed by atoms with Gasteiger partial charge in [0, 0.05) is 12.1 Å². The van der Waals surface area contributed by atoms with Gasteiger partial charge in [-0.3, -0.25) is 4.99 Å². The first-order valence-electron chi connectivity index (χ1n) is 5.24. The Kier molecular flexibility index (Phi) is 3.62. The van der Waals surface area contributed by atoms with Crippen molar-refractivity contribution in [2.45, 2.75) is 51.5 Å². The first-order chi connectivity index (χ1) is 6.58. The molecule has 0 aromatic carbocycles. The van der Waals surface area contributed by atoms with E-state index in [0.29, 0.717) is 6.42 Å². The smallest absolute Gasteiger partial charge is 0.129 e. The highest BCUT2D eigenvalue weighted by atomic mass is 16.1. The van der Waals surface area contributed by atoms with Gasteiger partial charge in [-0.2, -0.15) is 0 Å². The fourth-order valence-corrected chi connectivity index (χ4v) is 2.04. The molecule has 1 unspecified atom stereocenters. The third-order valence-electron chi connectivity index (χ3n) is 2.85. The van der Waals surface area contributed by atoms with Gasteiger partial charge < -0.3 is 4.79 Å². The molecule has 2 nitrogen and oxygen atoms in total. The van der Waals surface area contributed by atoms with E-state index in [4.69, 9.17) is 0 Å².